The standard InChI is InChI=1S/C19H40OS2.2C8HF17O3S/c1-5-9-13-21(14-10-6-2)17-19(20)18-22(15-11-7-3)16-12-8-4;2*9-1(10,3(13,14)5(17,18)7(21,22)23)2(11,12)4(15,16)6(19,20)8(24,25)29(26,27)28/h5-18H2,1-4H3;2*(H,26,27,28)/q+2;;/p-2. The Morgan fingerprint density at radius 3 is 0.588 bits per heavy atom. The third-order valence-corrected chi connectivity index (χ3v) is 16.6. The van der Waals surface area contributed by atoms with Gasteiger partial charge in [0.25, 0.3) is 0 Å². The average molecular weight is 1350 g/mol. The quantitative estimate of drug-likeness (QED) is 0.0397. The zero-order valence-electron chi connectivity index (χ0n) is 39.7. The smallest absolute Gasteiger partial charge is 0.460 e. The Hall–Kier alpha value is -2.19. The molecular weight excluding hydrogens is 1310 g/mol. The number of carbonyl (C=O) groups excluding carboxylic acids is 1. The fourth-order valence-corrected chi connectivity index (χ4v) is 10.9. The molecule has 45 heteroatoms. The van der Waals surface area contributed by atoms with E-state index in [4.69, 9.17) is 0 Å². The highest BCUT2D eigenvalue weighted by atomic mass is 32.2. The van der Waals surface area contributed by atoms with Gasteiger partial charge in [0.2, 0.25) is 5.78 Å². The molecule has 0 saturated carbocycles. The van der Waals surface area contributed by atoms with E-state index in [0.717, 1.165) is 11.5 Å². The summed E-state index contributed by atoms with van der Waals surface area (Å²) >= 11 is 0. The summed E-state index contributed by atoms with van der Waals surface area (Å²) in [6.45, 7) is 9.04. The van der Waals surface area contributed by atoms with E-state index in [1.54, 1.807) is 0 Å². The monoisotopic (exact) mass is 1350 g/mol. The Bertz CT molecular complexity index is 2030. The lowest BCUT2D eigenvalue weighted by molar-refractivity contribution is -0.458. The molecule has 0 amide bonds. The molecule has 0 aromatic rings. The number of halogens is 34. The summed E-state index contributed by atoms with van der Waals surface area (Å²) in [5.74, 6) is -96.8. The predicted octanol–water partition coefficient (Wildman–Crippen LogP) is 14.0. The van der Waals surface area contributed by atoms with Gasteiger partial charge in [-0.3, -0.25) is 4.79 Å². The van der Waals surface area contributed by atoms with Crippen LogP contribution in [0.3, 0.4) is 0 Å². The molecule has 0 heterocycles. The molecule has 0 atom stereocenters. The van der Waals surface area contributed by atoms with Gasteiger partial charge in [-0.2, -0.15) is 149 Å². The van der Waals surface area contributed by atoms with Crippen LogP contribution in [0.2, 0.25) is 0 Å². The highest BCUT2D eigenvalue weighted by molar-refractivity contribution is 7.99. The van der Waals surface area contributed by atoms with Crippen LogP contribution in [0.15, 0.2) is 0 Å². The third kappa shape index (κ3) is 15.4. The van der Waals surface area contributed by atoms with Crippen LogP contribution in [0.4, 0.5) is 149 Å². The van der Waals surface area contributed by atoms with Gasteiger partial charge in [0.05, 0.1) is 0 Å². The van der Waals surface area contributed by atoms with Crippen molar-refractivity contribution < 1.29 is 180 Å². The predicted molar refractivity (Wildman–Crippen MR) is 209 cm³/mol. The number of ketones is 1. The van der Waals surface area contributed by atoms with Gasteiger partial charge in [-0.15, -0.1) is 0 Å². The molecule has 0 N–H and O–H groups in total. The first-order valence-electron chi connectivity index (χ1n) is 20.8. The van der Waals surface area contributed by atoms with Gasteiger partial charge in [-0.1, -0.05) is 53.4 Å². The number of carbonyl (C=O) groups is 1. The SMILES string of the molecule is CCCC[S+](CCCC)CC(=O)C[S+](CCCC)CCCC.O=S(=O)([O-])C(F)(F)C(F)(F)C(F)(F)C(F)(F)C(F)(F)C(F)(F)C(F)(F)C(F)(F)F.O=S(=O)([O-])C(F)(F)C(F)(F)C(F)(F)C(F)(F)C(F)(F)C(F)(F)C(F)(F)C(F)(F)F. The van der Waals surface area contributed by atoms with Gasteiger partial charge in [-0.25, -0.2) is 16.8 Å². The summed E-state index contributed by atoms with van der Waals surface area (Å²) in [6, 6.07) is 0. The topological polar surface area (TPSA) is 131 Å². The number of alkyl halides is 34. The van der Waals surface area contributed by atoms with Crippen molar-refractivity contribution in [2.75, 3.05) is 34.5 Å². The van der Waals surface area contributed by atoms with Crippen molar-refractivity contribution in [1.82, 2.24) is 0 Å². The minimum Gasteiger partial charge on any atom is -0.743 e. The molecule has 0 bridgehead atoms. The number of Topliss-reactive ketones (excluding diaryl/α,β-unsaturated/α-hetero) is 1. The normalized spacial score (nSPS) is 15.4. The minimum atomic E-state index is -8.92. The summed E-state index contributed by atoms with van der Waals surface area (Å²) in [4.78, 5) is 12.5. The second-order valence-corrected chi connectivity index (χ2v) is 23.6. The maximum atomic E-state index is 13.0. The average Bonchev–Trinajstić information content (AvgIpc) is 3.26. The molecule has 0 aliphatic heterocycles. The van der Waals surface area contributed by atoms with Gasteiger partial charge in [0.1, 0.15) is 23.0 Å². The van der Waals surface area contributed by atoms with E-state index < -0.39 is 114 Å². The molecule has 0 rings (SSSR count). The van der Waals surface area contributed by atoms with Crippen LogP contribution in [-0.2, 0) is 46.8 Å². The summed E-state index contributed by atoms with van der Waals surface area (Å²) in [5.41, 5.74) is 0. The first-order valence-corrected chi connectivity index (χ1v) is 27.1. The van der Waals surface area contributed by atoms with Gasteiger partial charge < -0.3 is 9.11 Å². The Morgan fingerprint density at radius 2 is 0.450 bits per heavy atom. The second kappa shape index (κ2) is 26.6. The van der Waals surface area contributed by atoms with Gasteiger partial charge in [0.15, 0.2) is 31.7 Å². The lowest BCUT2D eigenvalue weighted by atomic mass is 9.91. The summed E-state index contributed by atoms with van der Waals surface area (Å²) in [5, 5.41) is -15.9. The lowest BCUT2D eigenvalue weighted by Gasteiger charge is -2.42. The van der Waals surface area contributed by atoms with E-state index in [9.17, 15) is 180 Å². The Morgan fingerprint density at radius 1 is 0.300 bits per heavy atom. The zero-order chi connectivity index (χ0) is 65.6. The fourth-order valence-electron chi connectivity index (χ4n) is 5.00. The summed E-state index contributed by atoms with van der Waals surface area (Å²) in [6.07, 6.45) is -5.51. The Kier molecular flexibility index (Phi) is 27.3. The van der Waals surface area contributed by atoms with E-state index >= 15 is 0 Å². The molecular formula is C35H40F34O7S4. The second-order valence-electron chi connectivity index (χ2n) is 16.1. The van der Waals surface area contributed by atoms with Crippen molar-refractivity contribution in [3.63, 3.8) is 0 Å². The van der Waals surface area contributed by atoms with Crippen LogP contribution in [0.25, 0.3) is 0 Å². The van der Waals surface area contributed by atoms with E-state index in [1.807, 2.05) is 0 Å². The van der Waals surface area contributed by atoms with E-state index in [0.29, 0.717) is 27.6 Å². The number of hydrogen-bond donors (Lipinski definition) is 0. The van der Waals surface area contributed by atoms with Crippen molar-refractivity contribution in [1.29, 1.82) is 0 Å². The van der Waals surface area contributed by atoms with Crippen molar-refractivity contribution >= 4 is 47.8 Å². The number of hydrogen-bond acceptors (Lipinski definition) is 7. The molecule has 0 aliphatic carbocycles. The molecule has 0 aliphatic rings. The van der Waals surface area contributed by atoms with Crippen molar-refractivity contribution in [3.05, 3.63) is 0 Å². The van der Waals surface area contributed by atoms with Crippen LogP contribution in [-0.4, -0.2) is 160 Å². The summed E-state index contributed by atoms with van der Waals surface area (Å²) < 4.78 is 488. The van der Waals surface area contributed by atoms with Crippen LogP contribution < -0.4 is 0 Å². The molecule has 0 aromatic heterocycles. The Labute approximate surface area is 434 Å². The highest BCUT2D eigenvalue weighted by Crippen LogP contribution is 2.66. The molecule has 0 unspecified atom stereocenters. The van der Waals surface area contributed by atoms with Crippen molar-refractivity contribution in [2.45, 2.75) is 173 Å². The van der Waals surface area contributed by atoms with Crippen LogP contribution >= 0.6 is 0 Å². The maximum absolute atomic E-state index is 13.0. The molecule has 0 aromatic carbocycles. The third-order valence-electron chi connectivity index (χ3n) is 9.89. The first-order chi connectivity index (χ1) is 34.7. The molecule has 0 spiro atoms. The molecule has 0 radical (unpaired) electrons. The minimum absolute atomic E-state index is 0.373. The maximum Gasteiger partial charge on any atom is 0.460 e. The summed E-state index contributed by atoms with van der Waals surface area (Å²) in [7, 11) is -15.5. The molecule has 80 heavy (non-hydrogen) atoms. The van der Waals surface area contributed by atoms with Crippen LogP contribution in [0, 0.1) is 0 Å². The van der Waals surface area contributed by atoms with Crippen LogP contribution in [0.5, 0.6) is 0 Å². The van der Waals surface area contributed by atoms with Gasteiger partial charge in [-0.05, 0) is 47.5 Å². The lowest BCUT2D eigenvalue weighted by Crippen LogP contribution is -2.75. The molecule has 7 nitrogen and oxygen atoms in total. The Balaban J connectivity index is -0.00000112. The highest BCUT2D eigenvalue weighted by Gasteiger charge is 2.97. The van der Waals surface area contributed by atoms with E-state index in [1.165, 1.54) is 74.4 Å². The first kappa shape index (κ1) is 82.0. The molecule has 0 saturated heterocycles. The molecule has 0 fully saturated rings. The van der Waals surface area contributed by atoms with E-state index in [-0.39, 0.29) is 0 Å². The largest absolute Gasteiger partial charge is 0.743 e. The van der Waals surface area contributed by atoms with Gasteiger partial charge >= 0.3 is 93.9 Å². The van der Waals surface area contributed by atoms with Crippen molar-refractivity contribution in [2.24, 2.45) is 0 Å². The molecule has 484 valence electrons. The van der Waals surface area contributed by atoms with Crippen molar-refractivity contribution in [3.8, 4) is 0 Å². The van der Waals surface area contributed by atoms with E-state index in [2.05, 4.69) is 27.7 Å². The zero-order valence-corrected chi connectivity index (χ0v) is 43.0. The van der Waals surface area contributed by atoms with Crippen LogP contribution in [0.1, 0.15) is 79.1 Å². The number of rotatable bonds is 30. The number of unbranched alkanes of at least 4 members (excludes halogenated alkanes) is 4. The van der Waals surface area contributed by atoms with Gasteiger partial charge in [0, 0.05) is 0 Å². The fraction of sp³-hybridized carbons (Fsp3) is 0.971.